The number of hydrogen-bond acceptors (Lipinski definition) is 3. The molecule has 17 heavy (non-hydrogen) atoms. The smallest absolute Gasteiger partial charge is 0.186 e. The first kappa shape index (κ1) is 11.3. The van der Waals surface area contributed by atoms with Crippen molar-refractivity contribution in [3.63, 3.8) is 0 Å². The molecular weight excluding hydrogens is 230 g/mol. The van der Waals surface area contributed by atoms with Gasteiger partial charge >= 0.3 is 0 Å². The van der Waals surface area contributed by atoms with Crippen molar-refractivity contribution in [1.82, 2.24) is 0 Å². The number of benzene rings is 1. The monoisotopic (exact) mass is 239 g/mol. The fraction of sp³-hybridized carbons (Fsp3) is 0. The number of carbonyl (C=O) groups excluding carboxylic acids is 1. The molecule has 0 aliphatic heterocycles. The van der Waals surface area contributed by atoms with E-state index in [0.717, 1.165) is 5.56 Å². The molecule has 1 aromatic heterocycles. The largest absolute Gasteiger partial charge is 0.289 e. The van der Waals surface area contributed by atoms with Gasteiger partial charge in [0, 0.05) is 10.9 Å². The topological polar surface area (TPSA) is 40.9 Å². The van der Waals surface area contributed by atoms with Crippen molar-refractivity contribution < 1.29 is 4.79 Å². The first-order valence-corrected chi connectivity index (χ1v) is 5.98. The molecule has 2 rings (SSSR count). The van der Waals surface area contributed by atoms with Gasteiger partial charge in [-0.05, 0) is 35.2 Å². The molecular formula is C14H9NOS. The van der Waals surface area contributed by atoms with Gasteiger partial charge in [-0.3, -0.25) is 4.79 Å². The predicted octanol–water partition coefficient (Wildman–Crippen LogP) is 3.52. The second kappa shape index (κ2) is 5.24. The van der Waals surface area contributed by atoms with E-state index < -0.39 is 0 Å². The zero-order chi connectivity index (χ0) is 12.1. The van der Waals surface area contributed by atoms with Crippen LogP contribution in [0.4, 0.5) is 0 Å². The van der Waals surface area contributed by atoms with Gasteiger partial charge in [-0.2, -0.15) is 16.6 Å². The van der Waals surface area contributed by atoms with Crippen molar-refractivity contribution in [3.05, 3.63) is 63.9 Å². The Morgan fingerprint density at radius 3 is 2.59 bits per heavy atom. The molecule has 0 atom stereocenters. The lowest BCUT2D eigenvalue weighted by Gasteiger charge is -1.93. The van der Waals surface area contributed by atoms with Crippen LogP contribution in [0.5, 0.6) is 0 Å². The van der Waals surface area contributed by atoms with Crippen LogP contribution in [0.1, 0.15) is 21.5 Å². The highest BCUT2D eigenvalue weighted by atomic mass is 32.1. The van der Waals surface area contributed by atoms with Gasteiger partial charge in [0.05, 0.1) is 11.6 Å². The third-order valence-electron chi connectivity index (χ3n) is 2.27. The molecule has 0 radical (unpaired) electrons. The second-order valence-electron chi connectivity index (χ2n) is 3.44. The van der Waals surface area contributed by atoms with Crippen LogP contribution in [-0.4, -0.2) is 5.78 Å². The number of rotatable bonds is 3. The van der Waals surface area contributed by atoms with Crippen LogP contribution in [0.3, 0.4) is 0 Å². The van der Waals surface area contributed by atoms with E-state index in [2.05, 4.69) is 6.07 Å². The van der Waals surface area contributed by atoms with E-state index in [4.69, 9.17) is 5.26 Å². The van der Waals surface area contributed by atoms with Gasteiger partial charge in [0.15, 0.2) is 5.78 Å². The third-order valence-corrected chi connectivity index (χ3v) is 2.96. The molecule has 0 saturated carbocycles. The van der Waals surface area contributed by atoms with Crippen LogP contribution < -0.4 is 0 Å². The Morgan fingerprint density at radius 1 is 1.24 bits per heavy atom. The van der Waals surface area contributed by atoms with Crippen molar-refractivity contribution in [3.8, 4) is 6.07 Å². The first-order chi connectivity index (χ1) is 8.29. The minimum Gasteiger partial charge on any atom is -0.289 e. The summed E-state index contributed by atoms with van der Waals surface area (Å²) in [6.07, 6.45) is 3.30. The van der Waals surface area contributed by atoms with Gasteiger partial charge < -0.3 is 0 Å². The molecule has 3 heteroatoms. The number of thiophene rings is 1. The van der Waals surface area contributed by atoms with E-state index in [1.165, 1.54) is 11.3 Å². The Balaban J connectivity index is 2.10. The number of hydrogen-bond donors (Lipinski definition) is 0. The molecule has 0 unspecified atom stereocenters. The molecule has 0 amide bonds. The maximum absolute atomic E-state index is 11.7. The zero-order valence-electron chi connectivity index (χ0n) is 8.96. The highest BCUT2D eigenvalue weighted by Gasteiger charge is 2.00. The van der Waals surface area contributed by atoms with Crippen molar-refractivity contribution in [2.24, 2.45) is 0 Å². The minimum atomic E-state index is -0.00407. The molecule has 2 nitrogen and oxygen atoms in total. The van der Waals surface area contributed by atoms with Crippen LogP contribution >= 0.6 is 11.3 Å². The Hall–Kier alpha value is -2.18. The Bertz CT molecular complexity index is 574. The number of nitriles is 1. The standard InChI is InChI=1S/C14H9NOS/c15-9-12-3-1-11(2-4-12)5-6-14(16)13-7-8-17-10-13/h1-8,10H/b6-5+. The van der Waals surface area contributed by atoms with E-state index in [-0.39, 0.29) is 5.78 Å². The van der Waals surface area contributed by atoms with Crippen LogP contribution in [-0.2, 0) is 0 Å². The Labute approximate surface area is 103 Å². The number of nitrogens with zero attached hydrogens (tertiary/aromatic N) is 1. The molecule has 0 fully saturated rings. The van der Waals surface area contributed by atoms with Crippen LogP contribution in [0, 0.1) is 11.3 Å². The number of allylic oxidation sites excluding steroid dienone is 1. The third kappa shape index (κ3) is 2.90. The SMILES string of the molecule is N#Cc1ccc(/C=C/C(=O)c2ccsc2)cc1. The zero-order valence-corrected chi connectivity index (χ0v) is 9.78. The molecule has 0 bridgehead atoms. The highest BCUT2D eigenvalue weighted by Crippen LogP contribution is 2.10. The average Bonchev–Trinajstić information content (AvgIpc) is 2.90. The van der Waals surface area contributed by atoms with Gasteiger partial charge in [-0.25, -0.2) is 0 Å². The highest BCUT2D eigenvalue weighted by molar-refractivity contribution is 7.08. The summed E-state index contributed by atoms with van der Waals surface area (Å²) in [7, 11) is 0. The predicted molar refractivity (Wildman–Crippen MR) is 68.8 cm³/mol. The van der Waals surface area contributed by atoms with Gasteiger partial charge in [0.1, 0.15) is 0 Å². The van der Waals surface area contributed by atoms with Crippen molar-refractivity contribution in [2.45, 2.75) is 0 Å². The summed E-state index contributed by atoms with van der Waals surface area (Å²) in [6, 6.07) is 10.9. The van der Waals surface area contributed by atoms with E-state index in [9.17, 15) is 4.79 Å². The molecule has 0 aliphatic carbocycles. The van der Waals surface area contributed by atoms with Gasteiger partial charge in [0.25, 0.3) is 0 Å². The summed E-state index contributed by atoms with van der Waals surface area (Å²) in [5.41, 5.74) is 2.23. The van der Waals surface area contributed by atoms with E-state index in [0.29, 0.717) is 11.1 Å². The first-order valence-electron chi connectivity index (χ1n) is 5.04. The van der Waals surface area contributed by atoms with Crippen molar-refractivity contribution in [2.75, 3.05) is 0 Å². The van der Waals surface area contributed by atoms with Gasteiger partial charge in [-0.15, -0.1) is 0 Å². The normalized spacial score (nSPS) is 10.3. The molecule has 1 aromatic carbocycles. The molecule has 2 aromatic rings. The molecule has 0 aliphatic rings. The maximum Gasteiger partial charge on any atom is 0.186 e. The van der Waals surface area contributed by atoms with E-state index >= 15 is 0 Å². The summed E-state index contributed by atoms with van der Waals surface area (Å²) in [6.45, 7) is 0. The summed E-state index contributed by atoms with van der Waals surface area (Å²) < 4.78 is 0. The lowest BCUT2D eigenvalue weighted by molar-refractivity contribution is 0.104. The van der Waals surface area contributed by atoms with Crippen LogP contribution in [0.15, 0.2) is 47.2 Å². The lowest BCUT2D eigenvalue weighted by Crippen LogP contribution is -1.90. The fourth-order valence-electron chi connectivity index (χ4n) is 1.34. The average molecular weight is 239 g/mol. The second-order valence-corrected chi connectivity index (χ2v) is 4.22. The van der Waals surface area contributed by atoms with Gasteiger partial charge in [0.2, 0.25) is 0 Å². The lowest BCUT2D eigenvalue weighted by atomic mass is 10.1. The van der Waals surface area contributed by atoms with E-state index in [1.807, 2.05) is 22.9 Å². The molecule has 0 N–H and O–H groups in total. The molecule has 82 valence electrons. The number of carbonyl (C=O) groups is 1. The molecule has 0 spiro atoms. The van der Waals surface area contributed by atoms with Crippen molar-refractivity contribution >= 4 is 23.2 Å². The quantitative estimate of drug-likeness (QED) is 0.607. The maximum atomic E-state index is 11.7. The van der Waals surface area contributed by atoms with Crippen LogP contribution in [0.2, 0.25) is 0 Å². The van der Waals surface area contributed by atoms with Gasteiger partial charge in [-0.1, -0.05) is 18.2 Å². The molecule has 1 heterocycles. The Kier molecular flexibility index (Phi) is 3.49. The van der Waals surface area contributed by atoms with Crippen molar-refractivity contribution in [1.29, 1.82) is 5.26 Å². The van der Waals surface area contributed by atoms with Crippen LogP contribution in [0.25, 0.3) is 6.08 Å². The fourth-order valence-corrected chi connectivity index (χ4v) is 1.99. The summed E-state index contributed by atoms with van der Waals surface area (Å²) in [5, 5.41) is 12.4. The summed E-state index contributed by atoms with van der Waals surface area (Å²) in [4.78, 5) is 11.7. The Morgan fingerprint density at radius 2 is 2.00 bits per heavy atom. The van der Waals surface area contributed by atoms with E-state index in [1.54, 1.807) is 30.4 Å². The number of ketones is 1. The minimum absolute atomic E-state index is 0.00407. The molecule has 0 saturated heterocycles. The summed E-state index contributed by atoms with van der Waals surface area (Å²) >= 11 is 1.50. The summed E-state index contributed by atoms with van der Waals surface area (Å²) in [5.74, 6) is -0.00407.